The molecule has 1 aromatic carbocycles. The van der Waals surface area contributed by atoms with E-state index < -0.39 is 6.09 Å². The van der Waals surface area contributed by atoms with E-state index in [1.54, 1.807) is 0 Å². The number of hydrogen-bond acceptors (Lipinski definition) is 3. The van der Waals surface area contributed by atoms with Gasteiger partial charge in [-0.05, 0) is 45.1 Å². The van der Waals surface area contributed by atoms with Crippen molar-refractivity contribution in [1.82, 2.24) is 5.32 Å². The summed E-state index contributed by atoms with van der Waals surface area (Å²) in [6, 6.07) is 7.89. The summed E-state index contributed by atoms with van der Waals surface area (Å²) < 4.78 is 12.0. The van der Waals surface area contributed by atoms with Crippen molar-refractivity contribution in [3.8, 4) is 0 Å². The number of benzene rings is 1. The average Bonchev–Trinajstić information content (AvgIpc) is 2.59. The minimum Gasteiger partial charge on any atom is -0.465 e. The van der Waals surface area contributed by atoms with Gasteiger partial charge in [-0.1, -0.05) is 24.3 Å². The molecule has 21 heavy (non-hydrogen) atoms. The van der Waals surface area contributed by atoms with Gasteiger partial charge in [-0.3, -0.25) is 0 Å². The van der Waals surface area contributed by atoms with Crippen LogP contribution in [0.25, 0.3) is 0 Å². The second kappa shape index (κ2) is 5.69. The molecule has 1 amide bonds. The molecule has 1 aliphatic rings. The highest BCUT2D eigenvalue weighted by Crippen LogP contribution is 2.36. The van der Waals surface area contributed by atoms with E-state index in [0.29, 0.717) is 13.0 Å². The summed E-state index contributed by atoms with van der Waals surface area (Å²) in [7, 11) is -0.360. The fourth-order valence-corrected chi connectivity index (χ4v) is 2.13. The van der Waals surface area contributed by atoms with Gasteiger partial charge >= 0.3 is 13.2 Å². The van der Waals surface area contributed by atoms with Crippen LogP contribution in [0.3, 0.4) is 0 Å². The molecule has 0 radical (unpaired) electrons. The van der Waals surface area contributed by atoms with Crippen molar-refractivity contribution >= 4 is 18.7 Å². The van der Waals surface area contributed by atoms with Gasteiger partial charge in [-0.15, -0.1) is 0 Å². The molecule has 0 aromatic heterocycles. The highest BCUT2D eigenvalue weighted by molar-refractivity contribution is 6.62. The van der Waals surface area contributed by atoms with E-state index in [9.17, 15) is 4.79 Å². The summed E-state index contributed by atoms with van der Waals surface area (Å²) in [6.45, 7) is 8.51. The van der Waals surface area contributed by atoms with E-state index in [1.165, 1.54) is 0 Å². The third-order valence-electron chi connectivity index (χ3n) is 4.20. The molecule has 2 N–H and O–H groups in total. The largest absolute Gasteiger partial charge is 0.494 e. The molecule has 5 nitrogen and oxygen atoms in total. The normalized spacial score (nSPS) is 19.5. The predicted molar refractivity (Wildman–Crippen MR) is 81.9 cm³/mol. The van der Waals surface area contributed by atoms with E-state index in [-0.39, 0.29) is 18.3 Å². The van der Waals surface area contributed by atoms with Crippen LogP contribution in [0.5, 0.6) is 0 Å². The zero-order valence-electron chi connectivity index (χ0n) is 13.0. The van der Waals surface area contributed by atoms with Gasteiger partial charge in [0.05, 0.1) is 11.2 Å². The van der Waals surface area contributed by atoms with E-state index in [2.05, 4.69) is 5.32 Å². The topological polar surface area (TPSA) is 67.8 Å². The fraction of sp³-hybridized carbons (Fsp3) is 0.533. The van der Waals surface area contributed by atoms with E-state index in [0.717, 1.165) is 11.0 Å². The molecule has 1 fully saturated rings. The second-order valence-corrected chi connectivity index (χ2v) is 6.31. The Morgan fingerprint density at radius 2 is 1.67 bits per heavy atom. The Balaban J connectivity index is 1.99. The molecule has 114 valence electrons. The molecule has 1 aliphatic heterocycles. The highest BCUT2D eigenvalue weighted by Gasteiger charge is 2.51. The molecule has 6 heteroatoms. The molecule has 1 saturated heterocycles. The SMILES string of the molecule is CC1(C)OB(c2ccc(CCNC(=O)O)cc2)OC1(C)C. The van der Waals surface area contributed by atoms with Crippen LogP contribution in [0.1, 0.15) is 33.3 Å². The summed E-state index contributed by atoms with van der Waals surface area (Å²) in [5.74, 6) is 0. The predicted octanol–water partition coefficient (Wildman–Crippen LogP) is 1.80. The maximum Gasteiger partial charge on any atom is 0.494 e. The quantitative estimate of drug-likeness (QED) is 0.830. The molecule has 1 heterocycles. The first-order valence-electron chi connectivity index (χ1n) is 7.12. The lowest BCUT2D eigenvalue weighted by Crippen LogP contribution is -2.41. The number of carbonyl (C=O) groups is 1. The summed E-state index contributed by atoms with van der Waals surface area (Å²) in [6.07, 6.45) is -0.334. The van der Waals surface area contributed by atoms with E-state index in [1.807, 2.05) is 52.0 Å². The summed E-state index contributed by atoms with van der Waals surface area (Å²) in [4.78, 5) is 10.4. The minimum atomic E-state index is -0.996. The Hall–Kier alpha value is -1.53. The van der Waals surface area contributed by atoms with Crippen molar-refractivity contribution in [2.45, 2.75) is 45.3 Å². The standard InChI is InChI=1S/C15H22BNO4/c1-14(2)15(3,4)21-16(20-14)12-7-5-11(6-8-12)9-10-17-13(18)19/h5-8,17H,9-10H2,1-4H3,(H,18,19). The maximum atomic E-state index is 10.4. The Kier molecular flexibility index (Phi) is 4.30. The molecule has 0 bridgehead atoms. The zero-order valence-corrected chi connectivity index (χ0v) is 13.0. The van der Waals surface area contributed by atoms with Gasteiger partial charge in [0.1, 0.15) is 0 Å². The van der Waals surface area contributed by atoms with Gasteiger partial charge in [-0.25, -0.2) is 4.79 Å². The van der Waals surface area contributed by atoms with Gasteiger partial charge in [-0.2, -0.15) is 0 Å². The first-order chi connectivity index (χ1) is 9.71. The summed E-state index contributed by atoms with van der Waals surface area (Å²) in [5.41, 5.74) is 1.36. The zero-order chi connectivity index (χ0) is 15.7. The number of rotatable bonds is 4. The third kappa shape index (κ3) is 3.57. The lowest BCUT2D eigenvalue weighted by molar-refractivity contribution is 0.00578. The van der Waals surface area contributed by atoms with Crippen LogP contribution < -0.4 is 10.8 Å². The van der Waals surface area contributed by atoms with Gasteiger partial charge in [0, 0.05) is 6.54 Å². The second-order valence-electron chi connectivity index (χ2n) is 6.31. The first-order valence-corrected chi connectivity index (χ1v) is 7.12. The molecular weight excluding hydrogens is 269 g/mol. The minimum absolute atomic E-state index is 0.345. The number of hydrogen-bond donors (Lipinski definition) is 2. The van der Waals surface area contributed by atoms with Crippen LogP contribution in [0.2, 0.25) is 0 Å². The lowest BCUT2D eigenvalue weighted by atomic mass is 9.79. The van der Waals surface area contributed by atoms with Crippen molar-refractivity contribution < 1.29 is 19.2 Å². The van der Waals surface area contributed by atoms with E-state index in [4.69, 9.17) is 14.4 Å². The van der Waals surface area contributed by atoms with Crippen LogP contribution in [0.15, 0.2) is 24.3 Å². The Morgan fingerprint density at radius 3 is 2.14 bits per heavy atom. The Bertz CT molecular complexity index is 497. The molecule has 0 saturated carbocycles. The van der Waals surface area contributed by atoms with Crippen molar-refractivity contribution in [1.29, 1.82) is 0 Å². The molecule has 2 rings (SSSR count). The molecule has 0 spiro atoms. The van der Waals surface area contributed by atoms with Gasteiger partial charge in [0.2, 0.25) is 0 Å². The Labute approximate surface area is 125 Å². The third-order valence-corrected chi connectivity index (χ3v) is 4.20. The van der Waals surface area contributed by atoms with Crippen LogP contribution in [-0.2, 0) is 15.7 Å². The fourth-order valence-electron chi connectivity index (χ4n) is 2.13. The van der Waals surface area contributed by atoms with Crippen LogP contribution in [0, 0.1) is 0 Å². The van der Waals surface area contributed by atoms with Crippen LogP contribution in [0.4, 0.5) is 4.79 Å². The summed E-state index contributed by atoms with van der Waals surface area (Å²) in [5, 5.41) is 10.9. The van der Waals surface area contributed by atoms with Crippen molar-refractivity contribution in [3.63, 3.8) is 0 Å². The number of amides is 1. The van der Waals surface area contributed by atoms with Gasteiger partial charge in [0.25, 0.3) is 0 Å². The molecule has 1 aromatic rings. The van der Waals surface area contributed by atoms with Gasteiger partial charge < -0.3 is 19.7 Å². The lowest BCUT2D eigenvalue weighted by Gasteiger charge is -2.32. The van der Waals surface area contributed by atoms with Crippen molar-refractivity contribution in [2.75, 3.05) is 6.54 Å². The number of carboxylic acid groups (broad SMARTS) is 1. The molecule has 0 aliphatic carbocycles. The Morgan fingerprint density at radius 1 is 1.14 bits per heavy atom. The first kappa shape index (κ1) is 15.9. The molecule has 0 unspecified atom stereocenters. The van der Waals surface area contributed by atoms with E-state index >= 15 is 0 Å². The highest BCUT2D eigenvalue weighted by atomic mass is 16.7. The van der Waals surface area contributed by atoms with Crippen LogP contribution in [-0.4, -0.2) is 36.1 Å². The average molecular weight is 291 g/mol. The smallest absolute Gasteiger partial charge is 0.465 e. The van der Waals surface area contributed by atoms with Crippen molar-refractivity contribution in [3.05, 3.63) is 29.8 Å². The van der Waals surface area contributed by atoms with Crippen molar-refractivity contribution in [2.24, 2.45) is 0 Å². The monoisotopic (exact) mass is 291 g/mol. The molecular formula is C15H22BNO4. The van der Waals surface area contributed by atoms with Gasteiger partial charge in [0.15, 0.2) is 0 Å². The molecule has 0 atom stereocenters. The van der Waals surface area contributed by atoms with Crippen LogP contribution >= 0.6 is 0 Å². The number of nitrogens with one attached hydrogen (secondary N) is 1. The summed E-state index contributed by atoms with van der Waals surface area (Å²) >= 11 is 0. The maximum absolute atomic E-state index is 10.4.